The first kappa shape index (κ1) is 27.8. The van der Waals surface area contributed by atoms with E-state index in [1.165, 1.54) is 43.4 Å². The van der Waals surface area contributed by atoms with Crippen LogP contribution in [0.25, 0.3) is 88.5 Å². The average molecular weight is 612 g/mol. The maximum absolute atomic E-state index is 4.93. The zero-order chi connectivity index (χ0) is 31.9. The Bertz CT molecular complexity index is 2590. The molecule has 1 aromatic heterocycles. The van der Waals surface area contributed by atoms with Gasteiger partial charge >= 0.3 is 0 Å². The van der Waals surface area contributed by atoms with Crippen LogP contribution in [0.5, 0.6) is 0 Å². The van der Waals surface area contributed by atoms with Crippen molar-refractivity contribution in [2.75, 3.05) is 0 Å². The molecule has 9 rings (SSSR count). The van der Waals surface area contributed by atoms with Gasteiger partial charge in [-0.1, -0.05) is 152 Å². The van der Waals surface area contributed by atoms with Crippen LogP contribution in [0.15, 0.2) is 176 Å². The van der Waals surface area contributed by atoms with Crippen molar-refractivity contribution in [1.29, 1.82) is 0 Å². The molecule has 0 aliphatic heterocycles. The van der Waals surface area contributed by atoms with Crippen molar-refractivity contribution in [3.05, 3.63) is 176 Å². The first-order valence-electron chi connectivity index (χ1n) is 16.2. The summed E-state index contributed by atoms with van der Waals surface area (Å²) >= 11 is 0. The summed E-state index contributed by atoms with van der Waals surface area (Å²) in [5.41, 5.74) is 8.83. The SMILES string of the molecule is c1ccc(-c2cccc(-c3ncnc(-c4cccc(-c5ccccc5-c5ccc6c7ccccc7c7ccccc7c6c5)c4)n3)c2)cc1. The Morgan fingerprint density at radius 1 is 0.271 bits per heavy atom. The lowest BCUT2D eigenvalue weighted by Crippen LogP contribution is -1.96. The zero-order valence-corrected chi connectivity index (χ0v) is 26.1. The molecule has 0 atom stereocenters. The molecule has 0 amide bonds. The van der Waals surface area contributed by atoms with Crippen LogP contribution in [0.2, 0.25) is 0 Å². The van der Waals surface area contributed by atoms with Crippen molar-refractivity contribution >= 4 is 32.3 Å². The third kappa shape index (κ3) is 4.90. The van der Waals surface area contributed by atoms with Crippen LogP contribution >= 0.6 is 0 Å². The molecule has 0 saturated heterocycles. The maximum Gasteiger partial charge on any atom is 0.163 e. The summed E-state index contributed by atoms with van der Waals surface area (Å²) in [5.74, 6) is 1.30. The molecule has 0 saturated carbocycles. The van der Waals surface area contributed by atoms with E-state index in [1.54, 1.807) is 6.33 Å². The Labute approximate surface area is 278 Å². The fourth-order valence-corrected chi connectivity index (χ4v) is 6.93. The minimum atomic E-state index is 0.647. The molecule has 3 heteroatoms. The third-order valence-electron chi connectivity index (χ3n) is 9.21. The second-order valence-corrected chi connectivity index (χ2v) is 12.1. The summed E-state index contributed by atoms with van der Waals surface area (Å²) in [6, 6.07) is 60.2. The van der Waals surface area contributed by atoms with Crippen LogP contribution in [-0.2, 0) is 0 Å². The number of benzene rings is 8. The first-order valence-corrected chi connectivity index (χ1v) is 16.2. The van der Waals surface area contributed by atoms with E-state index in [1.807, 2.05) is 12.1 Å². The van der Waals surface area contributed by atoms with E-state index < -0.39 is 0 Å². The molecule has 0 unspecified atom stereocenters. The number of rotatable bonds is 5. The summed E-state index contributed by atoms with van der Waals surface area (Å²) in [6.07, 6.45) is 1.61. The highest BCUT2D eigenvalue weighted by molar-refractivity contribution is 6.25. The van der Waals surface area contributed by atoms with Gasteiger partial charge in [-0.2, -0.15) is 0 Å². The topological polar surface area (TPSA) is 38.7 Å². The van der Waals surface area contributed by atoms with Gasteiger partial charge in [0.2, 0.25) is 0 Å². The molecule has 0 radical (unpaired) electrons. The van der Waals surface area contributed by atoms with E-state index in [-0.39, 0.29) is 0 Å². The number of hydrogen-bond acceptors (Lipinski definition) is 3. The lowest BCUT2D eigenvalue weighted by molar-refractivity contribution is 1.07. The lowest BCUT2D eigenvalue weighted by atomic mass is 9.89. The second kappa shape index (κ2) is 11.7. The molecule has 0 aliphatic rings. The monoisotopic (exact) mass is 611 g/mol. The Hall–Kier alpha value is -6.45. The van der Waals surface area contributed by atoms with Gasteiger partial charge in [0.05, 0.1) is 0 Å². The van der Waals surface area contributed by atoms with Crippen LogP contribution in [0.4, 0.5) is 0 Å². The minimum Gasteiger partial charge on any atom is -0.217 e. The highest BCUT2D eigenvalue weighted by atomic mass is 15.0. The molecule has 0 bridgehead atoms. The smallest absolute Gasteiger partial charge is 0.163 e. The molecule has 1 heterocycles. The predicted octanol–water partition coefficient (Wildman–Crippen LogP) is 11.7. The molecule has 3 nitrogen and oxygen atoms in total. The third-order valence-corrected chi connectivity index (χ3v) is 9.21. The van der Waals surface area contributed by atoms with E-state index in [4.69, 9.17) is 4.98 Å². The molecular weight excluding hydrogens is 583 g/mol. The fraction of sp³-hybridized carbons (Fsp3) is 0. The first-order chi connectivity index (χ1) is 23.8. The van der Waals surface area contributed by atoms with Crippen molar-refractivity contribution in [3.63, 3.8) is 0 Å². The fourth-order valence-electron chi connectivity index (χ4n) is 6.93. The summed E-state index contributed by atoms with van der Waals surface area (Å²) < 4.78 is 0. The predicted molar refractivity (Wildman–Crippen MR) is 200 cm³/mol. The molecule has 0 spiro atoms. The average Bonchev–Trinajstić information content (AvgIpc) is 3.18. The van der Waals surface area contributed by atoms with Crippen LogP contribution in [-0.4, -0.2) is 15.0 Å². The van der Waals surface area contributed by atoms with Crippen molar-refractivity contribution in [2.45, 2.75) is 0 Å². The Morgan fingerprint density at radius 3 is 1.33 bits per heavy atom. The zero-order valence-electron chi connectivity index (χ0n) is 26.1. The van der Waals surface area contributed by atoms with Crippen LogP contribution in [0, 0.1) is 0 Å². The van der Waals surface area contributed by atoms with E-state index in [2.05, 4.69) is 168 Å². The molecule has 0 aliphatic carbocycles. The van der Waals surface area contributed by atoms with Crippen LogP contribution in [0.1, 0.15) is 0 Å². The van der Waals surface area contributed by atoms with Gasteiger partial charge in [0, 0.05) is 11.1 Å². The van der Waals surface area contributed by atoms with Crippen molar-refractivity contribution in [2.24, 2.45) is 0 Å². The summed E-state index contributed by atoms with van der Waals surface area (Å²) in [5, 5.41) is 7.65. The van der Waals surface area contributed by atoms with Gasteiger partial charge in [-0.3, -0.25) is 0 Å². The van der Waals surface area contributed by atoms with Gasteiger partial charge in [0.15, 0.2) is 11.6 Å². The minimum absolute atomic E-state index is 0.647. The van der Waals surface area contributed by atoms with Crippen molar-refractivity contribution < 1.29 is 0 Å². The lowest BCUT2D eigenvalue weighted by Gasteiger charge is -2.14. The molecule has 48 heavy (non-hydrogen) atoms. The molecular formula is C45H29N3. The maximum atomic E-state index is 4.93. The number of fused-ring (bicyclic) bond motifs is 6. The van der Waals surface area contributed by atoms with E-state index >= 15 is 0 Å². The Kier molecular flexibility index (Phi) is 6.80. The Morgan fingerprint density at radius 2 is 0.708 bits per heavy atom. The van der Waals surface area contributed by atoms with Gasteiger partial charge in [-0.25, -0.2) is 15.0 Å². The normalized spacial score (nSPS) is 11.3. The van der Waals surface area contributed by atoms with Gasteiger partial charge in [0.25, 0.3) is 0 Å². The largest absolute Gasteiger partial charge is 0.217 e. The second-order valence-electron chi connectivity index (χ2n) is 12.1. The van der Waals surface area contributed by atoms with Gasteiger partial charge < -0.3 is 0 Å². The van der Waals surface area contributed by atoms with Gasteiger partial charge in [0.1, 0.15) is 6.33 Å². The summed E-state index contributed by atoms with van der Waals surface area (Å²) in [7, 11) is 0. The van der Waals surface area contributed by atoms with E-state index in [9.17, 15) is 0 Å². The quantitative estimate of drug-likeness (QED) is 0.182. The summed E-state index contributed by atoms with van der Waals surface area (Å²) in [6.45, 7) is 0. The molecule has 0 N–H and O–H groups in total. The van der Waals surface area contributed by atoms with Crippen LogP contribution in [0.3, 0.4) is 0 Å². The number of nitrogens with zero attached hydrogens (tertiary/aromatic N) is 3. The highest BCUT2D eigenvalue weighted by Crippen LogP contribution is 2.39. The summed E-state index contributed by atoms with van der Waals surface area (Å²) in [4.78, 5) is 14.1. The number of hydrogen-bond donors (Lipinski definition) is 0. The highest BCUT2D eigenvalue weighted by Gasteiger charge is 2.14. The van der Waals surface area contributed by atoms with Crippen molar-refractivity contribution in [3.8, 4) is 56.2 Å². The van der Waals surface area contributed by atoms with Crippen molar-refractivity contribution in [1.82, 2.24) is 15.0 Å². The molecule has 0 fully saturated rings. The Balaban J connectivity index is 1.12. The van der Waals surface area contributed by atoms with Crippen LogP contribution < -0.4 is 0 Å². The van der Waals surface area contributed by atoms with Gasteiger partial charge in [-0.05, 0) is 83.9 Å². The molecule has 8 aromatic carbocycles. The van der Waals surface area contributed by atoms with Gasteiger partial charge in [-0.15, -0.1) is 0 Å². The number of aromatic nitrogens is 3. The molecule has 9 aromatic rings. The van der Waals surface area contributed by atoms with E-state index in [0.717, 1.165) is 33.4 Å². The van der Waals surface area contributed by atoms with E-state index in [0.29, 0.717) is 11.6 Å². The standard InChI is InChI=1S/C45H29N3/c1-2-12-30(13-3-1)31-14-10-16-34(26-31)44-46-29-47-45(48-44)35-17-11-15-32(27-35)36-18-4-5-19-37(36)33-24-25-42-40-22-7-6-20-38(40)39-21-8-9-23-41(39)43(42)28-33/h1-29H. The molecule has 224 valence electrons.